The van der Waals surface area contributed by atoms with Crippen molar-refractivity contribution >= 4 is 10.8 Å². The van der Waals surface area contributed by atoms with Crippen molar-refractivity contribution in [2.75, 3.05) is 6.61 Å². The van der Waals surface area contributed by atoms with Crippen molar-refractivity contribution in [3.8, 4) is 5.88 Å². The summed E-state index contributed by atoms with van der Waals surface area (Å²) in [5, 5.41) is 2.31. The molecule has 0 spiro atoms. The summed E-state index contributed by atoms with van der Waals surface area (Å²) in [5.41, 5.74) is 0. The average Bonchev–Trinajstić information content (AvgIpc) is 3.39. The predicted octanol–water partition coefficient (Wildman–Crippen LogP) is 5.61. The second-order valence-electron chi connectivity index (χ2n) is 6.54. The number of fused-ring (bicyclic) bond motifs is 1. The minimum Gasteiger partial charge on any atom is -0.477 e. The highest BCUT2D eigenvalue weighted by Crippen LogP contribution is 2.40. The Morgan fingerprint density at radius 1 is 1.14 bits per heavy atom. The smallest absolute Gasteiger partial charge is 0.221 e. The number of unbranched alkanes of at least 4 members (excludes halogenated alkanes) is 2. The van der Waals surface area contributed by atoms with Gasteiger partial charge in [-0.15, -0.1) is 0 Å². The van der Waals surface area contributed by atoms with Crippen LogP contribution in [0.1, 0.15) is 51.9 Å². The van der Waals surface area contributed by atoms with Gasteiger partial charge in [0, 0.05) is 11.6 Å². The monoisotopic (exact) mass is 297 g/mol. The summed E-state index contributed by atoms with van der Waals surface area (Å²) in [6.45, 7) is 3.12. The Morgan fingerprint density at radius 3 is 2.82 bits per heavy atom. The van der Waals surface area contributed by atoms with Crippen LogP contribution >= 0.6 is 0 Å². The van der Waals surface area contributed by atoms with Gasteiger partial charge in [-0.3, -0.25) is 0 Å². The Labute approximate surface area is 133 Å². The summed E-state index contributed by atoms with van der Waals surface area (Å²) in [6.07, 6.45) is 11.3. The van der Waals surface area contributed by atoms with Crippen LogP contribution in [-0.4, -0.2) is 11.6 Å². The van der Waals surface area contributed by atoms with Gasteiger partial charge in [-0.2, -0.15) is 0 Å². The maximum atomic E-state index is 5.90. The van der Waals surface area contributed by atoms with Crippen LogP contribution in [-0.2, 0) is 0 Å². The Kier molecular flexibility index (Phi) is 5.31. The second kappa shape index (κ2) is 7.62. The first-order valence-electron chi connectivity index (χ1n) is 8.85. The molecule has 22 heavy (non-hydrogen) atoms. The zero-order valence-corrected chi connectivity index (χ0v) is 13.6. The molecule has 0 N–H and O–H groups in total. The summed E-state index contributed by atoms with van der Waals surface area (Å²) in [6, 6.07) is 10.3. The maximum absolute atomic E-state index is 5.90. The van der Waals surface area contributed by atoms with Crippen molar-refractivity contribution in [1.29, 1.82) is 0 Å². The number of ether oxygens (including phenoxy) is 1. The number of nitrogens with zero attached hydrogens (tertiary/aromatic N) is 1. The number of hydrogen-bond acceptors (Lipinski definition) is 2. The highest BCUT2D eigenvalue weighted by Gasteiger charge is 2.28. The van der Waals surface area contributed by atoms with Gasteiger partial charge in [-0.05, 0) is 48.6 Å². The van der Waals surface area contributed by atoms with Gasteiger partial charge in [0.2, 0.25) is 5.88 Å². The van der Waals surface area contributed by atoms with E-state index in [1.165, 1.54) is 43.9 Å². The van der Waals surface area contributed by atoms with Crippen LogP contribution in [0.2, 0.25) is 0 Å². The number of aromatic nitrogens is 1. The topological polar surface area (TPSA) is 22.1 Å². The second-order valence-corrected chi connectivity index (χ2v) is 6.54. The van der Waals surface area contributed by atoms with Gasteiger partial charge in [-0.1, -0.05) is 50.8 Å². The fourth-order valence-electron chi connectivity index (χ4n) is 3.40. The van der Waals surface area contributed by atoms with Gasteiger partial charge in [0.05, 0.1) is 6.61 Å². The molecule has 1 aromatic heterocycles. The van der Waals surface area contributed by atoms with E-state index in [0.717, 1.165) is 36.1 Å². The summed E-state index contributed by atoms with van der Waals surface area (Å²) in [4.78, 5) is 4.38. The van der Waals surface area contributed by atoms with E-state index in [-0.39, 0.29) is 0 Å². The lowest BCUT2D eigenvalue weighted by Gasteiger charge is -2.13. The lowest BCUT2D eigenvalue weighted by atomic mass is 9.94. The molecule has 1 saturated carbocycles. The van der Waals surface area contributed by atoms with Crippen molar-refractivity contribution in [3.63, 3.8) is 0 Å². The minimum absolute atomic E-state index is 0.779. The quantitative estimate of drug-likeness (QED) is 0.561. The number of pyridine rings is 1. The molecule has 1 heterocycles. The fraction of sp³-hybridized carbons (Fsp3) is 0.550. The van der Waals surface area contributed by atoms with E-state index in [9.17, 15) is 0 Å². The lowest BCUT2D eigenvalue weighted by molar-refractivity contribution is 0.293. The third-order valence-electron chi connectivity index (χ3n) is 4.91. The van der Waals surface area contributed by atoms with E-state index in [0.29, 0.717) is 0 Å². The first kappa shape index (κ1) is 15.3. The van der Waals surface area contributed by atoms with Gasteiger partial charge in [0.25, 0.3) is 0 Å². The predicted molar refractivity (Wildman–Crippen MR) is 92.2 cm³/mol. The Hall–Kier alpha value is -1.57. The minimum atomic E-state index is 0.779. The zero-order valence-electron chi connectivity index (χ0n) is 13.6. The molecule has 1 aliphatic rings. The molecule has 2 heteroatoms. The molecule has 1 fully saturated rings. The van der Waals surface area contributed by atoms with E-state index in [4.69, 9.17) is 4.74 Å². The molecule has 0 amide bonds. The van der Waals surface area contributed by atoms with Crippen LogP contribution in [0.15, 0.2) is 36.5 Å². The van der Waals surface area contributed by atoms with E-state index >= 15 is 0 Å². The first-order chi connectivity index (χ1) is 10.9. The number of hydrogen-bond donors (Lipinski definition) is 0. The molecule has 1 unspecified atom stereocenters. The summed E-state index contributed by atoms with van der Waals surface area (Å²) >= 11 is 0. The highest BCUT2D eigenvalue weighted by atomic mass is 16.5. The number of rotatable bonds is 9. The molecule has 0 aliphatic heterocycles. The molecule has 1 aliphatic carbocycles. The van der Waals surface area contributed by atoms with E-state index < -0.39 is 0 Å². The molecule has 0 bridgehead atoms. The molecule has 118 valence electrons. The zero-order chi connectivity index (χ0) is 15.2. The van der Waals surface area contributed by atoms with Crippen LogP contribution in [0.25, 0.3) is 10.8 Å². The van der Waals surface area contributed by atoms with Gasteiger partial charge in [-0.25, -0.2) is 4.98 Å². The van der Waals surface area contributed by atoms with Crippen LogP contribution in [0, 0.1) is 11.8 Å². The Morgan fingerprint density at radius 2 is 2.00 bits per heavy atom. The van der Waals surface area contributed by atoms with Crippen molar-refractivity contribution in [3.05, 3.63) is 36.5 Å². The molecule has 2 aromatic rings. The molecule has 3 rings (SSSR count). The van der Waals surface area contributed by atoms with Crippen LogP contribution in [0.5, 0.6) is 5.88 Å². The van der Waals surface area contributed by atoms with Gasteiger partial charge >= 0.3 is 0 Å². The van der Waals surface area contributed by atoms with Gasteiger partial charge in [0.1, 0.15) is 0 Å². The average molecular weight is 297 g/mol. The molecule has 2 nitrogen and oxygen atoms in total. The number of benzene rings is 1. The van der Waals surface area contributed by atoms with Crippen LogP contribution < -0.4 is 4.74 Å². The standard InChI is InChI=1S/C20H27NO/c1-2-16(17-11-12-17)8-4-3-7-15-22-20-19-10-6-5-9-18(19)13-14-21-20/h5-6,9-10,13-14,16-17H,2-4,7-8,11-12,15H2,1H3. The molecule has 1 atom stereocenters. The highest BCUT2D eigenvalue weighted by molar-refractivity contribution is 5.86. The SMILES string of the molecule is CCC(CCCCCOc1nccc2ccccc12)C1CC1. The summed E-state index contributed by atoms with van der Waals surface area (Å²) in [7, 11) is 0. The molecule has 0 saturated heterocycles. The largest absolute Gasteiger partial charge is 0.477 e. The van der Waals surface area contributed by atoms with Crippen molar-refractivity contribution < 1.29 is 4.74 Å². The summed E-state index contributed by atoms with van der Waals surface area (Å²) in [5.74, 6) is 2.82. The van der Waals surface area contributed by atoms with Crippen molar-refractivity contribution in [1.82, 2.24) is 4.98 Å². The lowest BCUT2D eigenvalue weighted by Crippen LogP contribution is -2.03. The van der Waals surface area contributed by atoms with Crippen molar-refractivity contribution in [2.24, 2.45) is 11.8 Å². The molecule has 0 radical (unpaired) electrons. The van der Waals surface area contributed by atoms with Crippen LogP contribution in [0.3, 0.4) is 0 Å². The molecular weight excluding hydrogens is 270 g/mol. The summed E-state index contributed by atoms with van der Waals surface area (Å²) < 4.78 is 5.90. The fourth-order valence-corrected chi connectivity index (χ4v) is 3.40. The molecular formula is C20H27NO. The van der Waals surface area contributed by atoms with E-state index in [2.05, 4.69) is 30.1 Å². The Balaban J connectivity index is 1.39. The third kappa shape index (κ3) is 4.00. The normalized spacial score (nSPS) is 15.9. The van der Waals surface area contributed by atoms with Gasteiger partial charge < -0.3 is 4.74 Å². The van der Waals surface area contributed by atoms with E-state index in [1.807, 2.05) is 18.3 Å². The first-order valence-corrected chi connectivity index (χ1v) is 8.85. The van der Waals surface area contributed by atoms with E-state index in [1.54, 1.807) is 0 Å². The third-order valence-corrected chi connectivity index (χ3v) is 4.91. The van der Waals surface area contributed by atoms with Gasteiger partial charge in [0.15, 0.2) is 0 Å². The van der Waals surface area contributed by atoms with Crippen molar-refractivity contribution in [2.45, 2.75) is 51.9 Å². The van der Waals surface area contributed by atoms with Crippen LogP contribution in [0.4, 0.5) is 0 Å². The molecule has 1 aromatic carbocycles. The Bertz CT molecular complexity index is 586. The maximum Gasteiger partial charge on any atom is 0.221 e.